The van der Waals surface area contributed by atoms with Crippen LogP contribution in [0.15, 0.2) is 78.0 Å². The number of imidazole rings is 1. The highest BCUT2D eigenvalue weighted by atomic mass is 32.2. The summed E-state index contributed by atoms with van der Waals surface area (Å²) in [4.78, 5) is 31.8. The fourth-order valence-corrected chi connectivity index (χ4v) is 3.94. The number of aromatic nitrogens is 2. The van der Waals surface area contributed by atoms with E-state index in [2.05, 4.69) is 20.6 Å². The highest BCUT2D eigenvalue weighted by Gasteiger charge is 2.12. The normalized spacial score (nSPS) is 10.7. The van der Waals surface area contributed by atoms with Crippen LogP contribution < -0.4 is 10.6 Å². The van der Waals surface area contributed by atoms with E-state index in [0.29, 0.717) is 22.7 Å². The number of rotatable bonds is 6. The topological polar surface area (TPSA) is 86.9 Å². The molecule has 0 aliphatic rings. The van der Waals surface area contributed by atoms with E-state index >= 15 is 0 Å². The average molecular weight is 417 g/mol. The van der Waals surface area contributed by atoms with Crippen LogP contribution in [-0.4, -0.2) is 21.8 Å². The zero-order chi connectivity index (χ0) is 20.9. The lowest BCUT2D eigenvalue weighted by molar-refractivity contribution is -0.114. The molecule has 1 aromatic heterocycles. The summed E-state index contributed by atoms with van der Waals surface area (Å²) in [6.45, 7) is 1.45. The van der Waals surface area contributed by atoms with Gasteiger partial charge in [-0.15, -0.1) is 0 Å². The molecule has 3 aromatic carbocycles. The van der Waals surface area contributed by atoms with Gasteiger partial charge in [0.1, 0.15) is 0 Å². The van der Waals surface area contributed by atoms with Crippen LogP contribution in [0, 0.1) is 0 Å². The third-order valence-electron chi connectivity index (χ3n) is 4.46. The molecular weight excluding hydrogens is 396 g/mol. The Morgan fingerprint density at radius 2 is 1.57 bits per heavy atom. The molecule has 0 spiro atoms. The van der Waals surface area contributed by atoms with Crippen molar-refractivity contribution in [3.63, 3.8) is 0 Å². The van der Waals surface area contributed by atoms with Gasteiger partial charge in [0.25, 0.3) is 5.91 Å². The zero-order valence-electron chi connectivity index (χ0n) is 16.3. The summed E-state index contributed by atoms with van der Waals surface area (Å²) in [7, 11) is 0. The zero-order valence-corrected chi connectivity index (χ0v) is 17.1. The minimum atomic E-state index is -0.178. The van der Waals surface area contributed by atoms with Gasteiger partial charge in [-0.1, -0.05) is 42.1 Å². The molecular formula is C23H20N4O2S. The quantitative estimate of drug-likeness (QED) is 0.383. The molecule has 2 amide bonds. The van der Waals surface area contributed by atoms with Gasteiger partial charge in [0.2, 0.25) is 5.91 Å². The number of fused-ring (bicyclic) bond motifs is 1. The van der Waals surface area contributed by atoms with E-state index in [9.17, 15) is 9.59 Å². The standard InChI is InChI=1S/C23H20N4O2S/c1-15(28)24-17-10-12-18(13-11-17)25-22(29)19-7-3-2-6-16(19)14-30-23-26-20-8-4-5-9-21(20)27-23/h2-13H,14H2,1H3,(H,24,28)(H,25,29)(H,26,27). The van der Waals surface area contributed by atoms with Crippen molar-refractivity contribution in [2.45, 2.75) is 17.8 Å². The van der Waals surface area contributed by atoms with Crippen LogP contribution in [0.5, 0.6) is 0 Å². The van der Waals surface area contributed by atoms with Crippen LogP contribution in [0.3, 0.4) is 0 Å². The van der Waals surface area contributed by atoms with Crippen LogP contribution in [0.2, 0.25) is 0 Å². The number of thioether (sulfide) groups is 1. The minimum Gasteiger partial charge on any atom is -0.333 e. The second kappa shape index (κ2) is 8.84. The van der Waals surface area contributed by atoms with Crippen LogP contribution in [-0.2, 0) is 10.5 Å². The molecule has 7 heteroatoms. The van der Waals surface area contributed by atoms with E-state index < -0.39 is 0 Å². The molecule has 3 N–H and O–H groups in total. The molecule has 0 aliphatic heterocycles. The first-order valence-electron chi connectivity index (χ1n) is 9.43. The molecule has 0 fully saturated rings. The second-order valence-corrected chi connectivity index (χ2v) is 7.68. The minimum absolute atomic E-state index is 0.136. The predicted octanol–water partition coefficient (Wildman–Crippen LogP) is 5.07. The molecule has 0 bridgehead atoms. The third kappa shape index (κ3) is 4.69. The molecule has 0 saturated heterocycles. The Labute approximate surface area is 178 Å². The lowest BCUT2D eigenvalue weighted by Crippen LogP contribution is -2.14. The van der Waals surface area contributed by atoms with Gasteiger partial charge in [-0.3, -0.25) is 9.59 Å². The highest BCUT2D eigenvalue weighted by molar-refractivity contribution is 7.98. The van der Waals surface area contributed by atoms with Gasteiger partial charge in [-0.05, 0) is 48.0 Å². The number of hydrogen-bond donors (Lipinski definition) is 3. The van der Waals surface area contributed by atoms with Crippen LogP contribution in [0.25, 0.3) is 11.0 Å². The number of carbonyl (C=O) groups excluding carboxylic acids is 2. The Morgan fingerprint density at radius 1 is 0.900 bits per heavy atom. The monoisotopic (exact) mass is 416 g/mol. The van der Waals surface area contributed by atoms with Gasteiger partial charge < -0.3 is 15.6 Å². The Morgan fingerprint density at radius 3 is 2.30 bits per heavy atom. The van der Waals surface area contributed by atoms with E-state index in [4.69, 9.17) is 0 Å². The van der Waals surface area contributed by atoms with Crippen molar-refractivity contribution in [3.8, 4) is 0 Å². The summed E-state index contributed by atoms with van der Waals surface area (Å²) in [5, 5.41) is 6.44. The lowest BCUT2D eigenvalue weighted by Gasteiger charge is -2.10. The second-order valence-electron chi connectivity index (χ2n) is 6.72. The number of para-hydroxylation sites is 2. The molecule has 4 aromatic rings. The maximum absolute atomic E-state index is 12.8. The number of aromatic amines is 1. The number of nitrogens with one attached hydrogen (secondary N) is 3. The van der Waals surface area contributed by atoms with E-state index in [-0.39, 0.29) is 11.8 Å². The lowest BCUT2D eigenvalue weighted by atomic mass is 10.1. The Kier molecular flexibility index (Phi) is 5.81. The first-order valence-corrected chi connectivity index (χ1v) is 10.4. The summed E-state index contributed by atoms with van der Waals surface area (Å²) < 4.78 is 0. The molecule has 0 saturated carbocycles. The van der Waals surface area contributed by atoms with E-state index in [0.717, 1.165) is 21.8 Å². The van der Waals surface area contributed by atoms with Gasteiger partial charge in [-0.2, -0.15) is 0 Å². The third-order valence-corrected chi connectivity index (χ3v) is 5.38. The van der Waals surface area contributed by atoms with Crippen LogP contribution in [0.4, 0.5) is 11.4 Å². The van der Waals surface area contributed by atoms with Crippen molar-refractivity contribution >= 4 is 46.0 Å². The van der Waals surface area contributed by atoms with E-state index in [1.54, 1.807) is 36.0 Å². The van der Waals surface area contributed by atoms with Crippen LogP contribution >= 0.6 is 11.8 Å². The number of benzene rings is 3. The fourth-order valence-electron chi connectivity index (χ4n) is 3.05. The van der Waals surface area contributed by atoms with Gasteiger partial charge >= 0.3 is 0 Å². The number of amides is 2. The summed E-state index contributed by atoms with van der Waals surface area (Å²) >= 11 is 1.56. The Bertz CT molecular complexity index is 1170. The van der Waals surface area contributed by atoms with Crippen LogP contribution in [0.1, 0.15) is 22.8 Å². The largest absolute Gasteiger partial charge is 0.333 e. The molecule has 1 heterocycles. The first kappa shape index (κ1) is 19.7. The molecule has 150 valence electrons. The van der Waals surface area contributed by atoms with Gasteiger partial charge in [0.05, 0.1) is 11.0 Å². The Hall–Kier alpha value is -3.58. The molecule has 0 radical (unpaired) electrons. The molecule has 6 nitrogen and oxygen atoms in total. The predicted molar refractivity (Wildman–Crippen MR) is 121 cm³/mol. The molecule has 0 atom stereocenters. The van der Waals surface area contributed by atoms with Crippen molar-refractivity contribution in [2.75, 3.05) is 10.6 Å². The maximum Gasteiger partial charge on any atom is 0.255 e. The summed E-state index contributed by atoms with van der Waals surface area (Å²) in [6, 6.07) is 22.4. The number of hydrogen-bond acceptors (Lipinski definition) is 4. The SMILES string of the molecule is CC(=O)Nc1ccc(NC(=O)c2ccccc2CSc2nc3ccccc3[nH]2)cc1. The molecule has 4 rings (SSSR count). The van der Waals surface area contributed by atoms with Gasteiger partial charge in [-0.25, -0.2) is 4.98 Å². The smallest absolute Gasteiger partial charge is 0.255 e. The van der Waals surface area contributed by atoms with Crippen molar-refractivity contribution in [2.24, 2.45) is 0 Å². The van der Waals surface area contributed by atoms with Crippen molar-refractivity contribution < 1.29 is 9.59 Å². The fraction of sp³-hybridized carbons (Fsp3) is 0.0870. The van der Waals surface area contributed by atoms with Gasteiger partial charge in [0.15, 0.2) is 5.16 Å². The first-order chi connectivity index (χ1) is 14.6. The maximum atomic E-state index is 12.8. The van der Waals surface area contributed by atoms with Crippen molar-refractivity contribution in [3.05, 3.63) is 83.9 Å². The number of nitrogens with zero attached hydrogens (tertiary/aromatic N) is 1. The Balaban J connectivity index is 1.45. The highest BCUT2D eigenvalue weighted by Crippen LogP contribution is 2.25. The number of H-pyrrole nitrogens is 1. The van der Waals surface area contributed by atoms with E-state index in [1.165, 1.54) is 6.92 Å². The summed E-state index contributed by atoms with van der Waals surface area (Å²) in [5.74, 6) is 0.302. The summed E-state index contributed by atoms with van der Waals surface area (Å²) in [5.41, 5.74) is 4.81. The number of anilines is 2. The summed E-state index contributed by atoms with van der Waals surface area (Å²) in [6.07, 6.45) is 0. The van der Waals surface area contributed by atoms with E-state index in [1.807, 2.05) is 48.5 Å². The van der Waals surface area contributed by atoms with Crippen molar-refractivity contribution in [1.29, 1.82) is 0 Å². The number of carbonyl (C=O) groups is 2. The van der Waals surface area contributed by atoms with Crippen molar-refractivity contribution in [1.82, 2.24) is 9.97 Å². The van der Waals surface area contributed by atoms with Gasteiger partial charge in [0, 0.05) is 29.6 Å². The molecule has 0 aliphatic carbocycles. The molecule has 0 unspecified atom stereocenters. The molecule has 30 heavy (non-hydrogen) atoms. The average Bonchev–Trinajstić information content (AvgIpc) is 3.16.